The Hall–Kier alpha value is -2.32. The lowest BCUT2D eigenvalue weighted by Gasteiger charge is -2.22. The Kier molecular flexibility index (Phi) is 21.3. The first-order valence-corrected chi connectivity index (χ1v) is 10.9. The van der Waals surface area contributed by atoms with Gasteiger partial charge in [-0.2, -0.15) is 5.26 Å². The zero-order valence-electron chi connectivity index (χ0n) is 19.2. The van der Waals surface area contributed by atoms with E-state index in [1.807, 2.05) is 58.9 Å². The molecule has 2 rings (SSSR count). The Morgan fingerprint density at radius 3 is 2.20 bits per heavy atom. The molecule has 0 unspecified atom stereocenters. The van der Waals surface area contributed by atoms with Crippen molar-refractivity contribution in [3.8, 4) is 6.07 Å². The monoisotopic (exact) mass is 431 g/mol. The molecule has 0 saturated heterocycles. The van der Waals surface area contributed by atoms with Crippen molar-refractivity contribution < 1.29 is 5.11 Å². The minimum Gasteiger partial charge on any atom is -0.395 e. The van der Waals surface area contributed by atoms with E-state index >= 15 is 0 Å². The van der Waals surface area contributed by atoms with Crippen LogP contribution in [0, 0.1) is 11.3 Å². The third-order valence-corrected chi connectivity index (χ3v) is 3.82. The second-order valence-corrected chi connectivity index (χ2v) is 6.03. The molecule has 4 nitrogen and oxygen atoms in total. The highest BCUT2D eigenvalue weighted by atomic mass is 35.5. The minimum absolute atomic E-state index is 0.129. The highest BCUT2D eigenvalue weighted by Crippen LogP contribution is 2.22. The maximum absolute atomic E-state index is 9.22. The Bertz CT molecular complexity index is 699. The highest BCUT2D eigenvalue weighted by molar-refractivity contribution is 6.33. The molecule has 0 bridgehead atoms. The van der Waals surface area contributed by atoms with Crippen LogP contribution in [0.3, 0.4) is 0 Å². The van der Waals surface area contributed by atoms with Crippen molar-refractivity contribution in [1.29, 1.82) is 5.26 Å². The molecule has 0 aliphatic heterocycles. The van der Waals surface area contributed by atoms with Crippen LogP contribution in [0.15, 0.2) is 61.2 Å². The molecule has 0 aromatic heterocycles. The SMILES string of the molecule is C=CC.CC.CC.N#Cc1ccc(NCCN(CCO)Cc2ccccc2)c(Cl)c1. The number of rotatable bonds is 8. The van der Waals surface area contributed by atoms with Crippen molar-refractivity contribution in [3.05, 3.63) is 77.3 Å². The number of hydrogen-bond donors (Lipinski definition) is 2. The number of aliphatic hydroxyl groups is 1. The standard InChI is InChI=1S/C18H20ClN3O.C3H6.2C2H6/c19-17-12-16(13-20)6-7-18(17)21-8-9-22(10-11-23)14-15-4-2-1-3-5-15;1-3-2;2*1-2/h1-7,12,21,23H,8-11,14H2;3H,1H2,2H3;2*1-2H3. The van der Waals surface area contributed by atoms with Gasteiger partial charge in [0.15, 0.2) is 0 Å². The van der Waals surface area contributed by atoms with E-state index in [0.29, 0.717) is 23.7 Å². The molecule has 166 valence electrons. The number of hydrogen-bond acceptors (Lipinski definition) is 4. The topological polar surface area (TPSA) is 59.3 Å². The first-order chi connectivity index (χ1) is 14.6. The van der Waals surface area contributed by atoms with Crippen molar-refractivity contribution in [2.45, 2.75) is 41.2 Å². The first-order valence-electron chi connectivity index (χ1n) is 10.5. The molecule has 2 N–H and O–H groups in total. The maximum atomic E-state index is 9.22. The van der Waals surface area contributed by atoms with E-state index in [-0.39, 0.29) is 6.61 Å². The molecule has 0 atom stereocenters. The predicted molar refractivity (Wildman–Crippen MR) is 132 cm³/mol. The van der Waals surface area contributed by atoms with Crippen molar-refractivity contribution >= 4 is 17.3 Å². The summed E-state index contributed by atoms with van der Waals surface area (Å²) in [4.78, 5) is 2.18. The van der Waals surface area contributed by atoms with Crippen LogP contribution in [0.5, 0.6) is 0 Å². The number of nitrogens with one attached hydrogen (secondary N) is 1. The zero-order chi connectivity index (χ0) is 23.2. The fourth-order valence-corrected chi connectivity index (χ4v) is 2.58. The van der Waals surface area contributed by atoms with E-state index in [4.69, 9.17) is 16.9 Å². The second kappa shape index (κ2) is 21.4. The van der Waals surface area contributed by atoms with Crippen LogP contribution >= 0.6 is 11.6 Å². The van der Waals surface area contributed by atoms with Crippen LogP contribution in [-0.2, 0) is 6.54 Å². The van der Waals surface area contributed by atoms with E-state index in [0.717, 1.165) is 18.8 Å². The van der Waals surface area contributed by atoms with Gasteiger partial charge in [-0.3, -0.25) is 4.90 Å². The Balaban J connectivity index is 0. The fraction of sp³-hybridized carbons (Fsp3) is 0.400. The van der Waals surface area contributed by atoms with E-state index in [2.05, 4.69) is 35.0 Å². The molecule has 0 radical (unpaired) electrons. The summed E-state index contributed by atoms with van der Waals surface area (Å²) < 4.78 is 0. The van der Waals surface area contributed by atoms with Crippen LogP contribution in [0.25, 0.3) is 0 Å². The number of nitriles is 1. The van der Waals surface area contributed by atoms with E-state index in [1.54, 1.807) is 18.2 Å². The summed E-state index contributed by atoms with van der Waals surface area (Å²) in [5.74, 6) is 0. The van der Waals surface area contributed by atoms with Crippen molar-refractivity contribution in [1.82, 2.24) is 4.90 Å². The Labute approximate surface area is 188 Å². The van der Waals surface area contributed by atoms with Gasteiger partial charge in [0.05, 0.1) is 28.9 Å². The lowest BCUT2D eigenvalue weighted by atomic mass is 10.2. The maximum Gasteiger partial charge on any atom is 0.0992 e. The number of allylic oxidation sites excluding steroid dienone is 1. The lowest BCUT2D eigenvalue weighted by Crippen LogP contribution is -2.31. The van der Waals surface area contributed by atoms with Gasteiger partial charge in [0.2, 0.25) is 0 Å². The third-order valence-electron chi connectivity index (χ3n) is 3.51. The van der Waals surface area contributed by atoms with Crippen LogP contribution < -0.4 is 5.32 Å². The van der Waals surface area contributed by atoms with Crippen LogP contribution in [0.4, 0.5) is 5.69 Å². The van der Waals surface area contributed by atoms with Gasteiger partial charge in [-0.15, -0.1) is 6.58 Å². The van der Waals surface area contributed by atoms with Gasteiger partial charge in [-0.05, 0) is 30.7 Å². The molecule has 30 heavy (non-hydrogen) atoms. The number of halogens is 1. The highest BCUT2D eigenvalue weighted by Gasteiger charge is 2.06. The average Bonchev–Trinajstić information content (AvgIpc) is 2.79. The summed E-state index contributed by atoms with van der Waals surface area (Å²) in [6, 6.07) is 17.5. The predicted octanol–water partition coefficient (Wildman–Crippen LogP) is 6.36. The largest absolute Gasteiger partial charge is 0.395 e. The smallest absolute Gasteiger partial charge is 0.0992 e. The van der Waals surface area contributed by atoms with Crippen LogP contribution in [0.1, 0.15) is 45.7 Å². The van der Waals surface area contributed by atoms with Crippen molar-refractivity contribution in [3.63, 3.8) is 0 Å². The summed E-state index contributed by atoms with van der Waals surface area (Å²) in [6.45, 7) is 16.3. The normalized spacial score (nSPS) is 8.90. The fourth-order valence-electron chi connectivity index (χ4n) is 2.33. The van der Waals surface area contributed by atoms with E-state index < -0.39 is 0 Å². The van der Waals surface area contributed by atoms with Gasteiger partial charge in [-0.25, -0.2) is 0 Å². The van der Waals surface area contributed by atoms with E-state index in [9.17, 15) is 5.11 Å². The number of nitrogens with zero attached hydrogens (tertiary/aromatic N) is 2. The van der Waals surface area contributed by atoms with Crippen LogP contribution in [-0.4, -0.2) is 36.2 Å². The third kappa shape index (κ3) is 13.8. The molecule has 0 aliphatic carbocycles. The summed E-state index contributed by atoms with van der Waals surface area (Å²) in [5, 5.41) is 21.9. The zero-order valence-corrected chi connectivity index (χ0v) is 19.9. The summed E-state index contributed by atoms with van der Waals surface area (Å²) in [6.07, 6.45) is 1.75. The molecule has 5 heteroatoms. The molecule has 0 fully saturated rings. The molecular formula is C25H38ClN3O. The summed E-state index contributed by atoms with van der Waals surface area (Å²) in [5.41, 5.74) is 2.58. The Morgan fingerprint density at radius 1 is 1.10 bits per heavy atom. The second-order valence-electron chi connectivity index (χ2n) is 5.63. The number of benzene rings is 2. The molecule has 0 heterocycles. The minimum atomic E-state index is 0.129. The first kappa shape index (κ1) is 29.9. The molecule has 0 aliphatic rings. The summed E-state index contributed by atoms with van der Waals surface area (Å²) in [7, 11) is 0. The van der Waals surface area contributed by atoms with Crippen molar-refractivity contribution in [2.75, 3.05) is 31.6 Å². The van der Waals surface area contributed by atoms with Gasteiger partial charge < -0.3 is 10.4 Å². The quantitative estimate of drug-likeness (QED) is 0.477. The van der Waals surface area contributed by atoms with Gasteiger partial charge in [-0.1, -0.05) is 75.7 Å². The van der Waals surface area contributed by atoms with E-state index in [1.165, 1.54) is 5.56 Å². The van der Waals surface area contributed by atoms with Crippen molar-refractivity contribution in [2.24, 2.45) is 0 Å². The number of anilines is 1. The van der Waals surface area contributed by atoms with Gasteiger partial charge >= 0.3 is 0 Å². The van der Waals surface area contributed by atoms with Crippen LogP contribution in [0.2, 0.25) is 5.02 Å². The molecule has 0 saturated carbocycles. The molecular weight excluding hydrogens is 394 g/mol. The van der Waals surface area contributed by atoms with Gasteiger partial charge in [0.25, 0.3) is 0 Å². The van der Waals surface area contributed by atoms with Gasteiger partial charge in [0.1, 0.15) is 0 Å². The molecule has 2 aromatic rings. The Morgan fingerprint density at radius 2 is 1.70 bits per heavy atom. The number of aliphatic hydroxyl groups excluding tert-OH is 1. The molecule has 0 spiro atoms. The lowest BCUT2D eigenvalue weighted by molar-refractivity contribution is 0.195. The molecule has 2 aromatic carbocycles. The molecule has 0 amide bonds. The average molecular weight is 432 g/mol. The van der Waals surface area contributed by atoms with Gasteiger partial charge in [0, 0.05) is 26.2 Å². The summed E-state index contributed by atoms with van der Waals surface area (Å²) >= 11 is 6.15.